The number of H-pyrrole nitrogens is 2. The van der Waals surface area contributed by atoms with Gasteiger partial charge in [-0.3, -0.25) is 9.59 Å². The molecule has 6 heteroatoms. The van der Waals surface area contributed by atoms with Crippen molar-refractivity contribution in [2.45, 2.75) is 0 Å². The Bertz CT molecular complexity index is 1430. The Morgan fingerprint density at radius 1 is 0.633 bits per heavy atom. The van der Waals surface area contributed by atoms with E-state index in [1.54, 1.807) is 12.1 Å². The monoisotopic (exact) mass is 413 g/mol. The van der Waals surface area contributed by atoms with Gasteiger partial charge in [-0.2, -0.15) is 0 Å². The molecule has 0 aliphatic carbocycles. The van der Waals surface area contributed by atoms with Gasteiger partial charge in [0.1, 0.15) is 0 Å². The van der Waals surface area contributed by atoms with Gasteiger partial charge in [-0.25, -0.2) is 0 Å². The Labute approximate surface area is 176 Å². The van der Waals surface area contributed by atoms with E-state index in [9.17, 15) is 9.59 Å². The largest absolute Gasteiger partial charge is 0.316 e. The summed E-state index contributed by atoms with van der Waals surface area (Å²) in [6.45, 7) is 0. The highest BCUT2D eigenvalue weighted by molar-refractivity contribution is 6.33. The number of halogens is 1. The summed E-state index contributed by atoms with van der Waals surface area (Å²) in [5, 5.41) is 0.454. The van der Waals surface area contributed by atoms with Crippen LogP contribution in [-0.2, 0) is 0 Å². The van der Waals surface area contributed by atoms with Gasteiger partial charge in [0.05, 0.1) is 33.1 Å². The number of fused-ring (bicyclic) bond motifs is 1. The molecule has 0 unspecified atom stereocenters. The number of aromatic amines is 2. The lowest BCUT2D eigenvalue weighted by atomic mass is 10.1. The Morgan fingerprint density at radius 2 is 1.10 bits per heavy atom. The molecule has 2 heterocycles. The lowest BCUT2D eigenvalue weighted by molar-refractivity contribution is 1.09. The van der Waals surface area contributed by atoms with E-state index in [-0.39, 0.29) is 0 Å². The summed E-state index contributed by atoms with van der Waals surface area (Å²) in [6, 6.07) is 27.6. The Hall–Kier alpha value is -3.83. The van der Waals surface area contributed by atoms with Gasteiger partial charge in [-0.1, -0.05) is 72.3 Å². The van der Waals surface area contributed by atoms with Crippen molar-refractivity contribution in [1.29, 1.82) is 0 Å². The minimum Gasteiger partial charge on any atom is -0.316 e. The second-order valence-corrected chi connectivity index (χ2v) is 7.34. The highest BCUT2D eigenvalue weighted by atomic mass is 35.5. The topological polar surface area (TPSA) is 70.7 Å². The van der Waals surface area contributed by atoms with Gasteiger partial charge in [-0.15, -0.1) is 0 Å². The molecule has 0 saturated heterocycles. The minimum absolute atomic E-state index is 0.454. The fraction of sp³-hybridized carbons (Fsp3) is 0. The van der Waals surface area contributed by atoms with E-state index < -0.39 is 11.1 Å². The molecular weight excluding hydrogens is 398 g/mol. The van der Waals surface area contributed by atoms with Gasteiger partial charge < -0.3 is 14.5 Å². The molecule has 0 atom stereocenters. The third-order valence-electron chi connectivity index (χ3n) is 5.05. The molecule has 0 saturated carbocycles. The van der Waals surface area contributed by atoms with Crippen LogP contribution in [0.15, 0.2) is 94.5 Å². The third-order valence-corrected chi connectivity index (χ3v) is 5.35. The molecule has 0 aliphatic heterocycles. The van der Waals surface area contributed by atoms with Crippen LogP contribution in [0.5, 0.6) is 0 Å². The summed E-state index contributed by atoms with van der Waals surface area (Å²) in [7, 11) is 0. The summed E-state index contributed by atoms with van der Waals surface area (Å²) in [4.78, 5) is 28.7. The molecule has 0 spiro atoms. The first-order valence-corrected chi connectivity index (χ1v) is 9.78. The number of benzene rings is 3. The van der Waals surface area contributed by atoms with Crippen LogP contribution < -0.4 is 11.1 Å². The fourth-order valence-corrected chi connectivity index (χ4v) is 3.91. The zero-order chi connectivity index (χ0) is 20.7. The van der Waals surface area contributed by atoms with Crippen LogP contribution in [0.1, 0.15) is 0 Å². The van der Waals surface area contributed by atoms with Crippen LogP contribution in [0.4, 0.5) is 0 Å². The van der Waals surface area contributed by atoms with Gasteiger partial charge in [0.25, 0.3) is 0 Å². The van der Waals surface area contributed by atoms with E-state index >= 15 is 0 Å². The quantitative estimate of drug-likeness (QED) is 0.409. The fourth-order valence-electron chi connectivity index (χ4n) is 3.66. The highest BCUT2D eigenvalue weighted by Crippen LogP contribution is 2.36. The lowest BCUT2D eigenvalue weighted by Gasteiger charge is -2.16. The molecule has 0 aliphatic rings. The van der Waals surface area contributed by atoms with E-state index in [0.717, 1.165) is 22.5 Å². The van der Waals surface area contributed by atoms with Crippen molar-refractivity contribution >= 4 is 22.6 Å². The molecule has 5 aromatic rings. The zero-order valence-electron chi connectivity index (χ0n) is 15.7. The molecule has 2 N–H and O–H groups in total. The van der Waals surface area contributed by atoms with Crippen LogP contribution in [0.3, 0.4) is 0 Å². The lowest BCUT2D eigenvalue weighted by Crippen LogP contribution is -2.28. The summed E-state index contributed by atoms with van der Waals surface area (Å²) < 4.78 is 2.07. The number of aromatic nitrogens is 3. The van der Waals surface area contributed by atoms with E-state index in [0.29, 0.717) is 21.7 Å². The average Bonchev–Trinajstić information content (AvgIpc) is 3.21. The molecule has 146 valence electrons. The molecule has 5 rings (SSSR count). The van der Waals surface area contributed by atoms with E-state index in [2.05, 4.69) is 14.5 Å². The molecule has 0 amide bonds. The predicted molar refractivity (Wildman–Crippen MR) is 120 cm³/mol. The highest BCUT2D eigenvalue weighted by Gasteiger charge is 2.17. The van der Waals surface area contributed by atoms with Crippen molar-refractivity contribution in [3.05, 3.63) is 111 Å². The molecule has 0 radical (unpaired) electrons. The van der Waals surface area contributed by atoms with Crippen LogP contribution in [0, 0.1) is 0 Å². The number of rotatable bonds is 3. The maximum Gasteiger partial charge on any atom is 0.314 e. The Balaban J connectivity index is 1.84. The number of hydrogen-bond donors (Lipinski definition) is 2. The Morgan fingerprint density at radius 3 is 1.60 bits per heavy atom. The third kappa shape index (κ3) is 3.06. The molecular formula is C24H16ClN3O2. The van der Waals surface area contributed by atoms with Gasteiger partial charge in [0, 0.05) is 0 Å². The Kier molecular flexibility index (Phi) is 4.38. The van der Waals surface area contributed by atoms with Crippen molar-refractivity contribution in [3.8, 4) is 28.2 Å². The molecule has 30 heavy (non-hydrogen) atoms. The van der Waals surface area contributed by atoms with E-state index in [1.807, 2.05) is 72.8 Å². The first-order chi connectivity index (χ1) is 14.6. The van der Waals surface area contributed by atoms with Gasteiger partial charge >= 0.3 is 11.1 Å². The van der Waals surface area contributed by atoms with Crippen molar-refractivity contribution < 1.29 is 0 Å². The minimum atomic E-state index is -0.706. The number of nitrogens with one attached hydrogen (secondary N) is 2. The van der Waals surface area contributed by atoms with Crippen LogP contribution >= 0.6 is 11.6 Å². The second-order valence-electron chi connectivity index (χ2n) is 6.93. The average molecular weight is 414 g/mol. The van der Waals surface area contributed by atoms with Gasteiger partial charge in [-0.05, 0) is 35.4 Å². The van der Waals surface area contributed by atoms with Crippen LogP contribution in [-0.4, -0.2) is 14.5 Å². The van der Waals surface area contributed by atoms with E-state index in [1.165, 1.54) is 0 Å². The summed E-state index contributed by atoms with van der Waals surface area (Å²) >= 11 is 6.67. The molecule has 3 aromatic carbocycles. The number of hydrogen-bond acceptors (Lipinski definition) is 2. The summed E-state index contributed by atoms with van der Waals surface area (Å²) in [6.07, 6.45) is 0. The van der Waals surface area contributed by atoms with Crippen molar-refractivity contribution in [2.24, 2.45) is 0 Å². The molecule has 0 fully saturated rings. The van der Waals surface area contributed by atoms with Crippen molar-refractivity contribution in [1.82, 2.24) is 14.5 Å². The second kappa shape index (κ2) is 7.21. The van der Waals surface area contributed by atoms with Crippen molar-refractivity contribution in [3.63, 3.8) is 0 Å². The van der Waals surface area contributed by atoms with Crippen LogP contribution in [0.25, 0.3) is 39.2 Å². The zero-order valence-corrected chi connectivity index (χ0v) is 16.5. The first kappa shape index (κ1) is 18.2. The van der Waals surface area contributed by atoms with Crippen LogP contribution in [0.2, 0.25) is 5.02 Å². The maximum absolute atomic E-state index is 11.9. The van der Waals surface area contributed by atoms with Crippen molar-refractivity contribution in [2.75, 3.05) is 0 Å². The van der Waals surface area contributed by atoms with E-state index in [4.69, 9.17) is 11.6 Å². The van der Waals surface area contributed by atoms with Gasteiger partial charge in [0.2, 0.25) is 0 Å². The summed E-state index contributed by atoms with van der Waals surface area (Å²) in [5.41, 5.74) is 4.27. The molecule has 5 nitrogen and oxygen atoms in total. The first-order valence-electron chi connectivity index (χ1n) is 9.40. The molecule has 2 aromatic heterocycles. The van der Waals surface area contributed by atoms with Gasteiger partial charge in [0.15, 0.2) is 0 Å². The normalized spacial score (nSPS) is 11.1. The predicted octanol–water partition coefficient (Wildman–Crippen LogP) is 4.99. The maximum atomic E-state index is 11.9. The molecule has 0 bridgehead atoms. The summed E-state index contributed by atoms with van der Waals surface area (Å²) in [5.74, 6) is 0. The standard InChI is InChI=1S/C24H16ClN3O2/c25-17-13-18-19(27-24(30)23(29)26-18)14-22(17)28-20(15-7-3-1-4-8-15)11-12-21(28)16-9-5-2-6-10-16/h1-14H,(H,26,29)(H,27,30). The smallest absolute Gasteiger partial charge is 0.314 e. The number of nitrogens with zero attached hydrogens (tertiary/aromatic N) is 1. The SMILES string of the molecule is O=c1[nH]c2cc(Cl)c(-n3c(-c4ccccc4)ccc3-c3ccccc3)cc2[nH]c1=O.